The highest BCUT2D eigenvalue weighted by Gasteiger charge is 2.43. The van der Waals surface area contributed by atoms with E-state index in [4.69, 9.17) is 11.6 Å². The first-order valence-corrected chi connectivity index (χ1v) is 15.7. The maximum absolute atomic E-state index is 14.3. The molecule has 0 aliphatic carbocycles. The smallest absolute Gasteiger partial charge is 0.320 e. The summed E-state index contributed by atoms with van der Waals surface area (Å²) in [6.07, 6.45) is -2.28. The number of likely N-dealkylation sites (tertiary alicyclic amines) is 1. The number of fused-ring (bicyclic) bond motifs is 3. The summed E-state index contributed by atoms with van der Waals surface area (Å²) >= 11 is 6.37. The van der Waals surface area contributed by atoms with Crippen LogP contribution < -0.4 is 0 Å². The first-order chi connectivity index (χ1) is 21.9. The molecule has 6 aromatic rings. The Bertz CT molecular complexity index is 1820. The summed E-state index contributed by atoms with van der Waals surface area (Å²) in [5.74, 6) is -0.672. The highest BCUT2D eigenvalue weighted by molar-refractivity contribution is 6.35. The van der Waals surface area contributed by atoms with Crippen molar-refractivity contribution in [2.45, 2.75) is 37.5 Å². The lowest BCUT2D eigenvalue weighted by Crippen LogP contribution is -2.51. The van der Waals surface area contributed by atoms with Crippen LogP contribution in [0.3, 0.4) is 0 Å². The number of para-hydroxylation sites is 1. The molecule has 0 spiro atoms. The van der Waals surface area contributed by atoms with E-state index in [1.54, 1.807) is 24.3 Å². The van der Waals surface area contributed by atoms with Gasteiger partial charge < -0.3 is 4.57 Å². The number of alkyl halides is 3. The van der Waals surface area contributed by atoms with E-state index in [9.17, 15) is 13.2 Å². The van der Waals surface area contributed by atoms with E-state index in [-0.39, 0.29) is 23.1 Å². The fraction of sp³-hybridized carbons (Fsp3) is 0.243. The van der Waals surface area contributed by atoms with Crippen LogP contribution >= 0.6 is 11.6 Å². The van der Waals surface area contributed by atoms with Crippen LogP contribution in [-0.2, 0) is 18.3 Å². The van der Waals surface area contributed by atoms with Crippen LogP contribution in [0.5, 0.6) is 0 Å². The fourth-order valence-corrected chi connectivity index (χ4v) is 7.41. The van der Waals surface area contributed by atoms with Crippen molar-refractivity contribution in [3.8, 4) is 0 Å². The molecule has 1 fully saturated rings. The predicted molar refractivity (Wildman–Crippen MR) is 173 cm³/mol. The van der Waals surface area contributed by atoms with Crippen LogP contribution in [0, 0.1) is 5.92 Å². The van der Waals surface area contributed by atoms with Gasteiger partial charge in [-0.25, -0.2) is 9.97 Å². The van der Waals surface area contributed by atoms with Crippen LogP contribution in [0.1, 0.15) is 41.8 Å². The van der Waals surface area contributed by atoms with Gasteiger partial charge in [-0.3, -0.25) is 4.90 Å². The first kappa shape index (κ1) is 29.5. The number of benzene rings is 4. The van der Waals surface area contributed by atoms with Gasteiger partial charge in [-0.05, 0) is 61.0 Å². The summed E-state index contributed by atoms with van der Waals surface area (Å²) in [5, 5.41) is 0.605. The number of aromatic nitrogens is 3. The standard InChI is InChI=1S/C37H32ClF3N4/c38-34-32-33(30-18-10-11-19-31(30)42-34)45(35(43-32)37(39,40)41)25-22-26-20-23-44(24-21-26)36(27-12-4-1-5-13-27,28-14-6-2-7-15-28)29-16-8-3-9-17-29/h1-19,26H,20-25H2. The SMILES string of the molecule is FC(F)(F)c1nc2c(Cl)nc3ccccc3c2n1CCC1CCN(C(c2ccccc2)(c2ccccc2)c2ccccc2)CC1. The molecule has 0 saturated carbocycles. The molecule has 0 N–H and O–H groups in total. The fourth-order valence-electron chi connectivity index (χ4n) is 7.19. The molecule has 0 atom stereocenters. The van der Waals surface area contributed by atoms with Crippen molar-refractivity contribution < 1.29 is 13.2 Å². The first-order valence-electron chi connectivity index (χ1n) is 15.3. The third kappa shape index (κ3) is 5.28. The van der Waals surface area contributed by atoms with Gasteiger partial charge in [0.25, 0.3) is 0 Å². The van der Waals surface area contributed by atoms with Crippen LogP contribution in [0.2, 0.25) is 5.15 Å². The van der Waals surface area contributed by atoms with E-state index >= 15 is 0 Å². The van der Waals surface area contributed by atoms with E-state index in [0.717, 1.165) is 25.9 Å². The monoisotopic (exact) mass is 624 g/mol. The van der Waals surface area contributed by atoms with Gasteiger partial charge in [0.15, 0.2) is 5.15 Å². The molecular formula is C37H32ClF3N4. The van der Waals surface area contributed by atoms with E-state index in [1.807, 2.05) is 18.2 Å². The number of nitrogens with zero attached hydrogens (tertiary/aromatic N) is 4. The second kappa shape index (κ2) is 12.0. The Morgan fingerprint density at radius 2 is 1.20 bits per heavy atom. The third-order valence-electron chi connectivity index (χ3n) is 9.22. The maximum Gasteiger partial charge on any atom is 0.449 e. The number of piperidine rings is 1. The minimum atomic E-state index is -4.62. The number of hydrogen-bond acceptors (Lipinski definition) is 3. The molecule has 0 unspecified atom stereocenters. The Labute approximate surface area is 265 Å². The minimum absolute atomic E-state index is 0.0136. The highest BCUT2D eigenvalue weighted by atomic mass is 35.5. The van der Waals surface area contributed by atoms with Crippen LogP contribution in [0.4, 0.5) is 13.2 Å². The number of aryl methyl sites for hydroxylation is 1. The molecule has 4 aromatic carbocycles. The molecule has 4 nitrogen and oxygen atoms in total. The topological polar surface area (TPSA) is 34.0 Å². The zero-order chi connectivity index (χ0) is 31.0. The van der Waals surface area contributed by atoms with Crippen molar-refractivity contribution in [1.82, 2.24) is 19.4 Å². The molecular weight excluding hydrogens is 593 g/mol. The molecule has 1 aliphatic heterocycles. The van der Waals surface area contributed by atoms with Crippen molar-refractivity contribution in [3.05, 3.63) is 143 Å². The molecule has 1 aliphatic rings. The van der Waals surface area contributed by atoms with E-state index in [0.29, 0.717) is 22.8 Å². The summed E-state index contributed by atoms with van der Waals surface area (Å²) in [5.41, 5.74) is 4.12. The largest absolute Gasteiger partial charge is 0.449 e. The average Bonchev–Trinajstić information content (AvgIpc) is 3.48. The second-order valence-corrected chi connectivity index (χ2v) is 12.1. The number of pyridine rings is 1. The van der Waals surface area contributed by atoms with E-state index in [1.165, 1.54) is 21.3 Å². The van der Waals surface area contributed by atoms with Crippen LogP contribution in [0.15, 0.2) is 115 Å². The molecule has 3 heterocycles. The van der Waals surface area contributed by atoms with Gasteiger partial charge in [0.2, 0.25) is 5.82 Å². The summed E-state index contributed by atoms with van der Waals surface area (Å²) in [6, 6.07) is 38.9. The van der Waals surface area contributed by atoms with Gasteiger partial charge >= 0.3 is 6.18 Å². The van der Waals surface area contributed by atoms with Gasteiger partial charge in [0.1, 0.15) is 5.52 Å². The molecule has 45 heavy (non-hydrogen) atoms. The lowest BCUT2D eigenvalue weighted by atomic mass is 9.74. The van der Waals surface area contributed by atoms with Crippen molar-refractivity contribution in [1.29, 1.82) is 0 Å². The van der Waals surface area contributed by atoms with Gasteiger partial charge in [0.05, 0.1) is 16.6 Å². The van der Waals surface area contributed by atoms with Gasteiger partial charge in [0, 0.05) is 11.9 Å². The average molecular weight is 625 g/mol. The second-order valence-electron chi connectivity index (χ2n) is 11.7. The Kier molecular flexibility index (Phi) is 7.84. The van der Waals surface area contributed by atoms with Gasteiger partial charge in [-0.15, -0.1) is 0 Å². The number of halogens is 4. The Morgan fingerprint density at radius 1 is 0.689 bits per heavy atom. The zero-order valence-corrected chi connectivity index (χ0v) is 25.3. The number of rotatable bonds is 7. The Hall–Kier alpha value is -4.20. The molecule has 2 aromatic heterocycles. The summed E-state index contributed by atoms with van der Waals surface area (Å²) in [4.78, 5) is 10.8. The predicted octanol–water partition coefficient (Wildman–Crippen LogP) is 9.35. The summed E-state index contributed by atoms with van der Waals surface area (Å²) in [6.45, 7) is 1.80. The van der Waals surface area contributed by atoms with Crippen molar-refractivity contribution >= 4 is 33.5 Å². The van der Waals surface area contributed by atoms with Crippen molar-refractivity contribution in [3.63, 3.8) is 0 Å². The number of hydrogen-bond donors (Lipinski definition) is 0. The van der Waals surface area contributed by atoms with E-state index in [2.05, 4.69) is 87.7 Å². The minimum Gasteiger partial charge on any atom is -0.320 e. The lowest BCUT2D eigenvalue weighted by Gasteiger charge is -2.48. The van der Waals surface area contributed by atoms with E-state index < -0.39 is 17.5 Å². The van der Waals surface area contributed by atoms with Crippen molar-refractivity contribution in [2.75, 3.05) is 13.1 Å². The summed E-state index contributed by atoms with van der Waals surface area (Å²) in [7, 11) is 0. The van der Waals surface area contributed by atoms with Crippen molar-refractivity contribution in [2.24, 2.45) is 5.92 Å². The van der Waals surface area contributed by atoms with Crippen LogP contribution in [0.25, 0.3) is 21.9 Å². The van der Waals surface area contributed by atoms with Gasteiger partial charge in [-0.2, -0.15) is 13.2 Å². The third-order valence-corrected chi connectivity index (χ3v) is 9.48. The molecule has 8 heteroatoms. The molecule has 0 radical (unpaired) electrons. The maximum atomic E-state index is 14.3. The molecule has 0 amide bonds. The Morgan fingerprint density at radius 3 is 1.73 bits per heavy atom. The highest BCUT2D eigenvalue weighted by Crippen LogP contribution is 2.45. The molecule has 1 saturated heterocycles. The summed E-state index contributed by atoms with van der Waals surface area (Å²) < 4.78 is 44.2. The number of imidazole rings is 1. The molecule has 0 bridgehead atoms. The normalized spacial score (nSPS) is 15.2. The quantitative estimate of drug-likeness (QED) is 0.131. The molecule has 7 rings (SSSR count). The van der Waals surface area contributed by atoms with Crippen LogP contribution in [-0.4, -0.2) is 32.5 Å². The lowest BCUT2D eigenvalue weighted by molar-refractivity contribution is -0.147. The van der Waals surface area contributed by atoms with Gasteiger partial charge in [-0.1, -0.05) is 121 Å². The Balaban J connectivity index is 1.21. The molecule has 228 valence electrons. The zero-order valence-electron chi connectivity index (χ0n) is 24.6.